The molecule has 1 aliphatic rings. The summed E-state index contributed by atoms with van der Waals surface area (Å²) in [5.74, 6) is 1.23. The molecule has 0 spiro atoms. The monoisotopic (exact) mass is 474 g/mol. The van der Waals surface area contributed by atoms with Gasteiger partial charge in [-0.1, -0.05) is 0 Å². The molecule has 1 aliphatic heterocycles. The Morgan fingerprint density at radius 3 is 3.15 bits per heavy atom. The molecule has 1 aromatic heterocycles. The Morgan fingerprint density at radius 1 is 1.75 bits per heavy atom. The van der Waals surface area contributed by atoms with Crippen LogP contribution in [0.15, 0.2) is 10.6 Å². The van der Waals surface area contributed by atoms with Crippen molar-refractivity contribution < 1.29 is 14.1 Å². The number of nitrogens with zero attached hydrogens (tertiary/aromatic N) is 1. The van der Waals surface area contributed by atoms with Crippen LogP contribution in [-0.2, 0) is 10.2 Å². The molecule has 1 amide bonds. The zero-order chi connectivity index (χ0) is 14.6. The number of carbonyl (C=O) groups excluding carboxylic acids is 1. The fourth-order valence-corrected chi connectivity index (χ4v) is 3.19. The molecule has 2 heterocycles. The van der Waals surface area contributed by atoms with Crippen molar-refractivity contribution in [1.82, 2.24) is 15.8 Å². The molecule has 3 radical (unpaired) electrons. The van der Waals surface area contributed by atoms with Crippen LogP contribution in [0.3, 0.4) is 0 Å². The number of aromatic nitrogens is 1. The maximum atomic E-state index is 11.6. The standard InChI is InChI=1S/C13H20N3O3.Pb/c1-9-4-5-14-7-13(9,8-15-12(17)18-3)11-6-10(2)16-19-11;/h6,9,14H,3-5,7-8H2,1-2H3,(H,15,17);. The summed E-state index contributed by atoms with van der Waals surface area (Å²) in [5.41, 5.74) is 0.600. The van der Waals surface area contributed by atoms with E-state index in [9.17, 15) is 4.79 Å². The summed E-state index contributed by atoms with van der Waals surface area (Å²) in [5, 5.41) is 10.3. The second-order valence-electron chi connectivity index (χ2n) is 5.28. The topological polar surface area (TPSA) is 76.4 Å². The zero-order valence-corrected chi connectivity index (χ0v) is 15.7. The molecule has 1 aromatic rings. The van der Waals surface area contributed by atoms with Gasteiger partial charge in [-0.3, -0.25) is 0 Å². The fraction of sp³-hybridized carbons (Fsp3) is 0.692. The molecule has 1 saturated heterocycles. The van der Waals surface area contributed by atoms with Crippen molar-refractivity contribution in [3.05, 3.63) is 17.5 Å². The van der Waals surface area contributed by atoms with Gasteiger partial charge in [-0.05, 0) is 0 Å². The molecule has 20 heavy (non-hydrogen) atoms. The van der Waals surface area contributed by atoms with E-state index < -0.39 is 0 Å². The Labute approximate surface area is 134 Å². The van der Waals surface area contributed by atoms with Crippen molar-refractivity contribution in [2.24, 2.45) is 5.92 Å². The molecule has 2 atom stereocenters. The van der Waals surface area contributed by atoms with Gasteiger partial charge in [0, 0.05) is 0 Å². The van der Waals surface area contributed by atoms with Crippen LogP contribution < -0.4 is 10.6 Å². The second kappa shape index (κ2) is 6.88. The van der Waals surface area contributed by atoms with Crippen LogP contribution >= 0.6 is 0 Å². The Balaban J connectivity index is 2.18. The third kappa shape index (κ3) is 3.33. The number of aryl methyl sites for hydroxylation is 1. The first-order chi connectivity index (χ1) is 9.58. The summed E-state index contributed by atoms with van der Waals surface area (Å²) in [7, 11) is 0. The summed E-state index contributed by atoms with van der Waals surface area (Å²) < 4.78 is 11.0. The summed E-state index contributed by atoms with van der Waals surface area (Å²) in [6.07, 6.45) is 0.686. The summed E-state index contributed by atoms with van der Waals surface area (Å²) in [4.78, 5) is 11.6. The van der Waals surface area contributed by atoms with E-state index in [0.717, 1.165) is 56.7 Å². The number of ether oxygens (including phenoxy) is 1. The van der Waals surface area contributed by atoms with Crippen molar-refractivity contribution in [2.45, 2.75) is 25.7 Å². The number of alkyl carbamates (subject to hydrolysis) is 1. The Hall–Kier alpha value is -0.638. The van der Waals surface area contributed by atoms with E-state index in [2.05, 4.69) is 22.7 Å². The molecule has 0 aliphatic carbocycles. The van der Waals surface area contributed by atoms with Crippen LogP contribution in [0.1, 0.15) is 24.8 Å². The first-order valence-electron chi connectivity index (χ1n) is 6.78. The number of amides is 1. The van der Waals surface area contributed by atoms with Crippen LogP contribution in [0.4, 0.5) is 4.79 Å². The van der Waals surface area contributed by atoms with E-state index in [0.29, 0.717) is 16.6 Å². The van der Waals surface area contributed by atoms with E-state index in [1.807, 2.05) is 13.0 Å². The van der Waals surface area contributed by atoms with Gasteiger partial charge in [0.15, 0.2) is 0 Å². The number of piperidine rings is 1. The van der Waals surface area contributed by atoms with Gasteiger partial charge in [-0.15, -0.1) is 0 Å². The Bertz CT molecular complexity index is 465. The van der Waals surface area contributed by atoms with E-state index in [1.54, 1.807) is 0 Å². The predicted molar refractivity (Wildman–Crippen MR) is 74.7 cm³/mol. The minimum atomic E-state index is -0.353. The molecular weight excluding hydrogens is 453 g/mol. The van der Waals surface area contributed by atoms with Gasteiger partial charge < -0.3 is 0 Å². The first kappa shape index (κ1) is 15.7. The molecule has 2 rings (SSSR count). The van der Waals surface area contributed by atoms with Gasteiger partial charge in [0.2, 0.25) is 0 Å². The molecule has 109 valence electrons. The molecular formula is C13H20N3O3Pb. The molecule has 0 aromatic carbocycles. The van der Waals surface area contributed by atoms with E-state index in [4.69, 9.17) is 9.26 Å². The first-order valence-corrected chi connectivity index (χ1v) is 9.53. The van der Waals surface area contributed by atoms with Crippen molar-refractivity contribution in [2.75, 3.05) is 23.8 Å². The van der Waals surface area contributed by atoms with E-state index in [-0.39, 0.29) is 11.5 Å². The molecule has 0 bridgehead atoms. The average molecular weight is 474 g/mol. The van der Waals surface area contributed by atoms with Crippen molar-refractivity contribution in [3.8, 4) is 0 Å². The minimum absolute atomic E-state index is 0.260. The van der Waals surface area contributed by atoms with Crippen LogP contribution in [0.5, 0.6) is 0 Å². The van der Waals surface area contributed by atoms with Crippen molar-refractivity contribution in [1.29, 1.82) is 0 Å². The normalized spacial score (nSPS) is 26.2. The number of nitrogens with one attached hydrogen (secondary N) is 2. The SMILES string of the molecule is Cc1cc(C2(CNC(=O)O[CH2][Pb])CNCCC2C)on1. The Kier molecular flexibility index (Phi) is 5.42. The summed E-state index contributed by atoms with van der Waals surface area (Å²) >= 11 is 0.848. The van der Waals surface area contributed by atoms with Crippen molar-refractivity contribution >= 4 is 31.9 Å². The molecule has 0 saturated carbocycles. The Morgan fingerprint density at radius 2 is 2.55 bits per heavy atom. The molecule has 7 heteroatoms. The van der Waals surface area contributed by atoms with Crippen LogP contribution in [0.25, 0.3) is 0 Å². The van der Waals surface area contributed by atoms with Gasteiger partial charge in [0.25, 0.3) is 0 Å². The molecule has 6 nitrogen and oxygen atoms in total. The number of carbonyl (C=O) groups is 1. The summed E-state index contributed by atoms with van der Waals surface area (Å²) in [6.45, 7) is 6.35. The summed E-state index contributed by atoms with van der Waals surface area (Å²) in [6, 6.07) is 1.96. The molecule has 2 N–H and O–H groups in total. The average Bonchev–Trinajstić information content (AvgIpc) is 2.86. The number of hydrogen-bond donors (Lipinski definition) is 2. The molecule has 1 fully saturated rings. The third-order valence-corrected chi connectivity index (χ3v) is 4.57. The number of hydrogen-bond acceptors (Lipinski definition) is 5. The number of rotatable bonds is 4. The van der Waals surface area contributed by atoms with Gasteiger partial charge >= 0.3 is 135 Å². The fourth-order valence-electron chi connectivity index (χ4n) is 2.68. The van der Waals surface area contributed by atoms with Crippen LogP contribution in [-0.4, -0.2) is 60.8 Å². The van der Waals surface area contributed by atoms with E-state index >= 15 is 0 Å². The van der Waals surface area contributed by atoms with Gasteiger partial charge in [0.05, 0.1) is 0 Å². The third-order valence-electron chi connectivity index (χ3n) is 4.01. The zero-order valence-electron chi connectivity index (χ0n) is 11.9. The van der Waals surface area contributed by atoms with Crippen LogP contribution in [0.2, 0.25) is 0 Å². The van der Waals surface area contributed by atoms with Gasteiger partial charge in [0.1, 0.15) is 0 Å². The van der Waals surface area contributed by atoms with Gasteiger partial charge in [-0.25, -0.2) is 0 Å². The quantitative estimate of drug-likeness (QED) is 0.630. The molecule has 2 unspecified atom stereocenters. The second-order valence-corrected chi connectivity index (χ2v) is 6.41. The predicted octanol–water partition coefficient (Wildman–Crippen LogP) is 0.702. The maximum absolute atomic E-state index is 11.6. The van der Waals surface area contributed by atoms with E-state index in [1.165, 1.54) is 0 Å². The van der Waals surface area contributed by atoms with Gasteiger partial charge in [-0.2, -0.15) is 0 Å². The van der Waals surface area contributed by atoms with Crippen molar-refractivity contribution in [3.63, 3.8) is 0 Å². The van der Waals surface area contributed by atoms with Crippen LogP contribution in [0, 0.1) is 12.8 Å².